The second-order valence-corrected chi connectivity index (χ2v) is 13.5. The maximum absolute atomic E-state index is 14.5. The molecular formula is C30H27F6N7O2S. The number of carbonyl (C=O) groups is 1. The summed E-state index contributed by atoms with van der Waals surface area (Å²) < 4.78 is 101. The fraction of sp³-hybridized carbons (Fsp3) is 0.333. The number of aromatic nitrogens is 6. The average Bonchev–Trinajstić information content (AvgIpc) is 3.64. The van der Waals surface area contributed by atoms with Crippen LogP contribution in [0.3, 0.4) is 0 Å². The molecule has 9 nitrogen and oxygen atoms in total. The number of nitrogens with zero attached hydrogens (tertiary/aromatic N) is 7. The predicted octanol–water partition coefficient (Wildman–Crippen LogP) is 5.17. The van der Waals surface area contributed by atoms with Crippen LogP contribution in [0, 0.1) is 11.2 Å². The van der Waals surface area contributed by atoms with E-state index >= 15 is 0 Å². The number of hydrogen-bond donors (Lipinski definition) is 0. The van der Waals surface area contributed by atoms with Crippen LogP contribution in [-0.2, 0) is 29.4 Å². The van der Waals surface area contributed by atoms with E-state index in [-0.39, 0.29) is 30.8 Å². The van der Waals surface area contributed by atoms with Crippen molar-refractivity contribution in [3.05, 3.63) is 89.0 Å². The first-order valence-corrected chi connectivity index (χ1v) is 15.8. The number of Topliss-reactive ketones (excluding diaryl/α,β-unsaturated/α-hetero) is 1. The van der Waals surface area contributed by atoms with Crippen molar-refractivity contribution < 1.29 is 35.3 Å². The van der Waals surface area contributed by atoms with Crippen LogP contribution in [0.5, 0.6) is 0 Å². The highest BCUT2D eigenvalue weighted by atomic mass is 32.2. The number of alkyl halides is 5. The largest absolute Gasteiger partial charge is 0.416 e. The maximum atomic E-state index is 14.5. The minimum atomic E-state index is -4.75. The van der Waals surface area contributed by atoms with Crippen LogP contribution in [0.1, 0.15) is 46.6 Å². The molecule has 1 fully saturated rings. The van der Waals surface area contributed by atoms with E-state index in [9.17, 15) is 35.3 Å². The third-order valence-electron chi connectivity index (χ3n) is 8.43. The summed E-state index contributed by atoms with van der Waals surface area (Å²) in [6, 6.07) is 6.08. The number of benzene rings is 1. The Morgan fingerprint density at radius 1 is 1.20 bits per heavy atom. The van der Waals surface area contributed by atoms with Crippen molar-refractivity contribution in [2.75, 3.05) is 6.54 Å². The van der Waals surface area contributed by atoms with Gasteiger partial charge in [-0.1, -0.05) is 5.57 Å². The van der Waals surface area contributed by atoms with Gasteiger partial charge in [0.1, 0.15) is 17.8 Å². The highest BCUT2D eigenvalue weighted by Gasteiger charge is 2.52. The summed E-state index contributed by atoms with van der Waals surface area (Å²) in [5.41, 5.74) is -0.848. The zero-order valence-corrected chi connectivity index (χ0v) is 25.1. The van der Waals surface area contributed by atoms with Gasteiger partial charge >= 0.3 is 6.18 Å². The summed E-state index contributed by atoms with van der Waals surface area (Å²) in [6.45, 7) is -0.968. The van der Waals surface area contributed by atoms with Crippen LogP contribution in [0.2, 0.25) is 0 Å². The van der Waals surface area contributed by atoms with E-state index in [2.05, 4.69) is 26.0 Å². The Morgan fingerprint density at radius 2 is 1.93 bits per heavy atom. The number of allylic oxidation sites excluding steroid dienone is 1. The van der Waals surface area contributed by atoms with Gasteiger partial charge in [-0.2, -0.15) is 18.3 Å². The van der Waals surface area contributed by atoms with Gasteiger partial charge in [0.15, 0.2) is 5.78 Å². The lowest BCUT2D eigenvalue weighted by atomic mass is 9.60. The van der Waals surface area contributed by atoms with E-state index in [1.807, 2.05) is 0 Å². The Morgan fingerprint density at radius 3 is 2.59 bits per heavy atom. The number of aryl methyl sites for hydroxylation is 1. The van der Waals surface area contributed by atoms with Crippen LogP contribution in [-0.4, -0.2) is 68.7 Å². The molecule has 0 bridgehead atoms. The van der Waals surface area contributed by atoms with Crippen LogP contribution in [0.25, 0.3) is 11.8 Å². The van der Waals surface area contributed by atoms with Crippen molar-refractivity contribution in [1.29, 1.82) is 0 Å². The second kappa shape index (κ2) is 11.5. The van der Waals surface area contributed by atoms with Crippen LogP contribution >= 0.6 is 0 Å². The van der Waals surface area contributed by atoms with E-state index in [1.54, 1.807) is 10.8 Å². The van der Waals surface area contributed by atoms with Gasteiger partial charge in [0.25, 0.3) is 6.43 Å². The molecule has 3 atom stereocenters. The molecule has 0 radical (unpaired) electrons. The number of hydrogen-bond acceptors (Lipinski definition) is 6. The Hall–Kier alpha value is -4.31. The van der Waals surface area contributed by atoms with Crippen molar-refractivity contribution in [3.8, 4) is 5.69 Å². The van der Waals surface area contributed by atoms with Gasteiger partial charge in [0.2, 0.25) is 5.16 Å². The van der Waals surface area contributed by atoms with E-state index in [4.69, 9.17) is 0 Å². The van der Waals surface area contributed by atoms with E-state index in [0.29, 0.717) is 28.6 Å². The predicted molar refractivity (Wildman–Crippen MR) is 156 cm³/mol. The monoisotopic (exact) mass is 663 g/mol. The summed E-state index contributed by atoms with van der Waals surface area (Å²) >= 11 is 0. The fourth-order valence-corrected chi connectivity index (χ4v) is 8.00. The number of ketones is 1. The molecule has 16 heteroatoms. The quantitative estimate of drug-likeness (QED) is 0.147. The molecule has 0 N–H and O–H groups in total. The summed E-state index contributed by atoms with van der Waals surface area (Å²) in [4.78, 5) is 22.4. The fourth-order valence-electron chi connectivity index (χ4n) is 6.31. The SMILES string of the molecule is C=S(=O)(c1ncn(C)n1)N(CC(F)F)[C@H]1CCC2=Cc3c(cnn3-c3ccc(F)cc3)C[C@]2(C(=O)c2cc(C(F)(F)F)ccn2)C1. The maximum Gasteiger partial charge on any atom is 0.416 e. The molecule has 2 aliphatic carbocycles. The number of pyridine rings is 1. The molecule has 0 spiro atoms. The Kier molecular flexibility index (Phi) is 7.91. The molecular weight excluding hydrogens is 636 g/mol. The zero-order chi connectivity index (χ0) is 33.0. The summed E-state index contributed by atoms with van der Waals surface area (Å²) in [6.07, 6.45) is -2.22. The molecule has 4 aromatic rings. The second-order valence-electron chi connectivity index (χ2n) is 11.4. The van der Waals surface area contributed by atoms with Gasteiger partial charge in [-0.05, 0) is 79.6 Å². The molecule has 46 heavy (non-hydrogen) atoms. The first kappa shape index (κ1) is 31.7. The molecule has 1 saturated carbocycles. The Balaban J connectivity index is 1.47. The first-order valence-electron chi connectivity index (χ1n) is 14.1. The van der Waals surface area contributed by atoms with Crippen molar-refractivity contribution in [1.82, 2.24) is 33.8 Å². The topological polar surface area (TPSA) is 98.8 Å². The minimum Gasteiger partial charge on any atom is -0.291 e. The Labute approximate surface area is 259 Å². The lowest BCUT2D eigenvalue weighted by Crippen LogP contribution is -2.51. The lowest BCUT2D eigenvalue weighted by molar-refractivity contribution is -0.137. The standard InChI is InChI=1S/C30H27F6N7O2S/c1-41-17-38-28(40-41)46(2,45)42(16-26(32)33)23-6-3-19-12-25-18(15-39-43(25)22-7-4-21(31)5-8-22)13-29(19,14-23)27(44)24-11-20(9-10-37-24)30(34,35)36/h4-5,7-12,15,17,23,26H,2-3,6,13-14,16H2,1H3/t23-,29-,46?/m0/s1. The number of halogens is 6. The molecule has 0 saturated heterocycles. The molecule has 0 amide bonds. The zero-order valence-electron chi connectivity index (χ0n) is 24.3. The van der Waals surface area contributed by atoms with Crippen molar-refractivity contribution in [2.45, 2.75) is 49.5 Å². The van der Waals surface area contributed by atoms with Crippen LogP contribution in [0.15, 0.2) is 65.8 Å². The van der Waals surface area contributed by atoms with Crippen LogP contribution < -0.4 is 0 Å². The highest BCUT2D eigenvalue weighted by Crippen LogP contribution is 2.51. The molecule has 1 aromatic carbocycles. The van der Waals surface area contributed by atoms with Gasteiger partial charge in [0, 0.05) is 19.3 Å². The Bertz CT molecular complexity index is 1930. The number of carbonyl (C=O) groups excluding carboxylic acids is 1. The van der Waals surface area contributed by atoms with Crippen molar-refractivity contribution in [3.63, 3.8) is 0 Å². The molecule has 3 aromatic heterocycles. The molecule has 2 aliphatic rings. The van der Waals surface area contributed by atoms with Gasteiger partial charge in [-0.15, -0.1) is 5.10 Å². The third-order valence-corrected chi connectivity index (χ3v) is 10.4. The van der Waals surface area contributed by atoms with Gasteiger partial charge < -0.3 is 0 Å². The van der Waals surface area contributed by atoms with Gasteiger partial charge in [0.05, 0.1) is 44.8 Å². The first-order chi connectivity index (χ1) is 21.7. The van der Waals surface area contributed by atoms with Crippen molar-refractivity contribution >= 4 is 27.4 Å². The number of fused-ring (bicyclic) bond motifs is 2. The van der Waals surface area contributed by atoms with E-state index in [1.165, 1.54) is 48.5 Å². The summed E-state index contributed by atoms with van der Waals surface area (Å²) in [5.74, 6) is 2.55. The normalized spacial score (nSPS) is 21.1. The van der Waals surface area contributed by atoms with Crippen molar-refractivity contribution in [2.24, 2.45) is 12.5 Å². The lowest BCUT2D eigenvalue weighted by Gasteiger charge is -2.47. The molecule has 3 heterocycles. The summed E-state index contributed by atoms with van der Waals surface area (Å²) in [7, 11) is -2.17. The minimum absolute atomic E-state index is 0.0503. The van der Waals surface area contributed by atoms with Gasteiger partial charge in [-0.25, -0.2) is 31.4 Å². The molecule has 6 rings (SSSR count). The summed E-state index contributed by atoms with van der Waals surface area (Å²) in [5, 5.41) is 8.21. The number of rotatable bonds is 8. The molecule has 242 valence electrons. The smallest absolute Gasteiger partial charge is 0.291 e. The highest BCUT2D eigenvalue weighted by molar-refractivity contribution is 7.98. The molecule has 0 aliphatic heterocycles. The molecule has 1 unspecified atom stereocenters. The van der Waals surface area contributed by atoms with E-state index in [0.717, 1.165) is 16.6 Å². The van der Waals surface area contributed by atoms with Crippen LogP contribution in [0.4, 0.5) is 26.3 Å². The average molecular weight is 664 g/mol. The van der Waals surface area contributed by atoms with E-state index < -0.39 is 63.2 Å². The third kappa shape index (κ3) is 5.63. The van der Waals surface area contributed by atoms with Gasteiger partial charge in [-0.3, -0.25) is 14.5 Å².